The van der Waals surface area contributed by atoms with Gasteiger partial charge < -0.3 is 10.6 Å². The Hall–Kier alpha value is -4.14. The first kappa shape index (κ1) is 21.7. The standard InChI is InChI=1S/C25H19F3N4O2/c26-25(27,28)17-8-4-5-14(9-17)12-29-23(33)16-10-18-21-19(13-30-32-24(18)34)22(31-20(21)11-16)15-6-2-1-3-7-15/h1-11,13,19,22,31H,12H2,(H,29,33)(H,32,34). The quantitative estimate of drug-likeness (QED) is 0.527. The van der Waals surface area contributed by atoms with Crippen LogP contribution in [-0.2, 0) is 12.7 Å². The summed E-state index contributed by atoms with van der Waals surface area (Å²) in [5, 5.41) is 10.1. The van der Waals surface area contributed by atoms with Gasteiger partial charge in [0.25, 0.3) is 11.8 Å². The molecular weight excluding hydrogens is 445 g/mol. The van der Waals surface area contributed by atoms with Gasteiger partial charge in [0.1, 0.15) is 0 Å². The molecule has 2 aliphatic heterocycles. The van der Waals surface area contributed by atoms with E-state index in [2.05, 4.69) is 21.2 Å². The van der Waals surface area contributed by atoms with Crippen LogP contribution in [0.25, 0.3) is 0 Å². The lowest BCUT2D eigenvalue weighted by Gasteiger charge is -2.17. The Morgan fingerprint density at radius 1 is 1.03 bits per heavy atom. The maximum atomic E-state index is 13.0. The summed E-state index contributed by atoms with van der Waals surface area (Å²) in [7, 11) is 0. The summed E-state index contributed by atoms with van der Waals surface area (Å²) in [6, 6.07) is 17.5. The summed E-state index contributed by atoms with van der Waals surface area (Å²) in [6.07, 6.45) is -2.79. The van der Waals surface area contributed by atoms with Crippen LogP contribution in [0.2, 0.25) is 0 Å². The highest BCUT2D eigenvalue weighted by Crippen LogP contribution is 2.46. The zero-order chi connectivity index (χ0) is 23.9. The molecule has 172 valence electrons. The van der Waals surface area contributed by atoms with Crippen molar-refractivity contribution in [3.05, 3.63) is 100 Å². The normalized spacial score (nSPS) is 18.5. The number of nitrogens with zero attached hydrogens (tertiary/aromatic N) is 1. The lowest BCUT2D eigenvalue weighted by atomic mass is 9.88. The maximum Gasteiger partial charge on any atom is 0.416 e. The van der Waals surface area contributed by atoms with E-state index >= 15 is 0 Å². The average Bonchev–Trinajstić information content (AvgIpc) is 3.11. The molecular formula is C25H19F3N4O2. The largest absolute Gasteiger partial charge is 0.416 e. The first-order chi connectivity index (χ1) is 16.3. The van der Waals surface area contributed by atoms with Gasteiger partial charge in [0.2, 0.25) is 0 Å². The molecule has 3 aromatic carbocycles. The molecule has 2 aliphatic rings. The van der Waals surface area contributed by atoms with Crippen molar-refractivity contribution in [3.63, 3.8) is 0 Å². The Morgan fingerprint density at radius 3 is 2.59 bits per heavy atom. The third-order valence-corrected chi connectivity index (χ3v) is 5.96. The highest BCUT2D eigenvalue weighted by atomic mass is 19.4. The van der Waals surface area contributed by atoms with Crippen molar-refractivity contribution in [3.8, 4) is 0 Å². The van der Waals surface area contributed by atoms with Crippen LogP contribution < -0.4 is 16.1 Å². The number of hydrogen-bond acceptors (Lipinski definition) is 4. The summed E-state index contributed by atoms with van der Waals surface area (Å²) in [5.41, 5.74) is 4.96. The smallest absolute Gasteiger partial charge is 0.377 e. The molecule has 0 aliphatic carbocycles. The summed E-state index contributed by atoms with van der Waals surface area (Å²) in [5.74, 6) is -1.15. The van der Waals surface area contributed by atoms with Gasteiger partial charge >= 0.3 is 6.18 Å². The van der Waals surface area contributed by atoms with E-state index in [-0.39, 0.29) is 24.1 Å². The van der Waals surface area contributed by atoms with Gasteiger partial charge in [-0.2, -0.15) is 18.3 Å². The lowest BCUT2D eigenvalue weighted by molar-refractivity contribution is -0.137. The molecule has 9 heteroatoms. The van der Waals surface area contributed by atoms with Crippen molar-refractivity contribution < 1.29 is 22.8 Å². The Morgan fingerprint density at radius 2 is 1.82 bits per heavy atom. The molecule has 6 nitrogen and oxygen atoms in total. The van der Waals surface area contributed by atoms with Gasteiger partial charge in [-0.25, -0.2) is 5.43 Å². The molecule has 5 rings (SSSR count). The molecule has 0 saturated carbocycles. The monoisotopic (exact) mass is 464 g/mol. The molecule has 34 heavy (non-hydrogen) atoms. The number of rotatable bonds is 4. The van der Waals surface area contributed by atoms with E-state index in [9.17, 15) is 22.8 Å². The zero-order valence-electron chi connectivity index (χ0n) is 17.7. The Labute approximate surface area is 192 Å². The number of hydrazone groups is 1. The maximum absolute atomic E-state index is 13.0. The van der Waals surface area contributed by atoms with Crippen LogP contribution in [0.1, 0.15) is 54.9 Å². The van der Waals surface area contributed by atoms with E-state index in [4.69, 9.17) is 0 Å². The highest BCUT2D eigenvalue weighted by Gasteiger charge is 2.38. The second-order valence-electron chi connectivity index (χ2n) is 8.14. The van der Waals surface area contributed by atoms with Crippen molar-refractivity contribution in [1.82, 2.24) is 10.7 Å². The van der Waals surface area contributed by atoms with Crippen LogP contribution in [0.5, 0.6) is 0 Å². The summed E-state index contributed by atoms with van der Waals surface area (Å²) >= 11 is 0. The molecule has 0 aromatic heterocycles. The number of anilines is 1. The zero-order valence-corrected chi connectivity index (χ0v) is 17.7. The number of carbonyl (C=O) groups is 2. The fraction of sp³-hybridized carbons (Fsp3) is 0.160. The molecule has 0 saturated heterocycles. The number of alkyl halides is 3. The van der Waals surface area contributed by atoms with Crippen LogP contribution in [0.15, 0.2) is 71.8 Å². The summed E-state index contributed by atoms with van der Waals surface area (Å²) in [6.45, 7) is -0.0901. The first-order valence-corrected chi connectivity index (χ1v) is 10.6. The van der Waals surface area contributed by atoms with Gasteiger partial charge in [0, 0.05) is 35.5 Å². The van der Waals surface area contributed by atoms with Crippen molar-refractivity contribution in [2.45, 2.75) is 24.7 Å². The predicted molar refractivity (Wildman–Crippen MR) is 121 cm³/mol. The van der Waals surface area contributed by atoms with Crippen molar-refractivity contribution in [2.75, 3.05) is 5.32 Å². The molecule has 0 spiro atoms. The molecule has 2 amide bonds. The molecule has 3 aromatic rings. The van der Waals surface area contributed by atoms with E-state index in [1.807, 2.05) is 30.3 Å². The minimum atomic E-state index is -4.46. The van der Waals surface area contributed by atoms with Gasteiger partial charge in [-0.1, -0.05) is 42.5 Å². The van der Waals surface area contributed by atoms with Crippen molar-refractivity contribution in [2.24, 2.45) is 5.10 Å². The van der Waals surface area contributed by atoms with Crippen LogP contribution in [-0.4, -0.2) is 18.0 Å². The number of amides is 2. The second-order valence-corrected chi connectivity index (χ2v) is 8.14. The van der Waals surface area contributed by atoms with E-state index in [0.29, 0.717) is 16.8 Å². The molecule has 2 unspecified atom stereocenters. The molecule has 2 atom stereocenters. The number of carbonyl (C=O) groups excluding carboxylic acids is 2. The molecule has 0 radical (unpaired) electrons. The first-order valence-electron chi connectivity index (χ1n) is 10.6. The van der Waals surface area contributed by atoms with Crippen molar-refractivity contribution >= 4 is 23.7 Å². The van der Waals surface area contributed by atoms with E-state index in [1.54, 1.807) is 12.3 Å². The third kappa shape index (κ3) is 4.00. The van der Waals surface area contributed by atoms with E-state index < -0.39 is 23.6 Å². The summed E-state index contributed by atoms with van der Waals surface area (Å²) in [4.78, 5) is 25.6. The van der Waals surface area contributed by atoms with Crippen LogP contribution in [0.4, 0.5) is 18.9 Å². The average molecular weight is 464 g/mol. The molecule has 0 fully saturated rings. The molecule has 0 bridgehead atoms. The fourth-order valence-corrected chi connectivity index (χ4v) is 4.36. The number of hydrogen-bond donors (Lipinski definition) is 3. The van der Waals surface area contributed by atoms with Gasteiger partial charge in [0.05, 0.1) is 11.6 Å². The van der Waals surface area contributed by atoms with Crippen LogP contribution in [0, 0.1) is 0 Å². The summed E-state index contributed by atoms with van der Waals surface area (Å²) < 4.78 is 38.9. The van der Waals surface area contributed by atoms with Gasteiger partial charge in [-0.15, -0.1) is 0 Å². The van der Waals surface area contributed by atoms with Gasteiger partial charge in [-0.05, 0) is 41.0 Å². The topological polar surface area (TPSA) is 82.6 Å². The van der Waals surface area contributed by atoms with Crippen LogP contribution in [0.3, 0.4) is 0 Å². The van der Waals surface area contributed by atoms with Crippen molar-refractivity contribution in [1.29, 1.82) is 0 Å². The Balaban J connectivity index is 1.42. The van der Waals surface area contributed by atoms with Crippen LogP contribution >= 0.6 is 0 Å². The fourth-order valence-electron chi connectivity index (χ4n) is 4.36. The Kier molecular flexibility index (Phi) is 5.31. The SMILES string of the molecule is O=C(NCc1cccc(C(F)(F)F)c1)c1cc2c3c(c1)C(=O)NN=CC3C(c1ccccc1)N2. The third-order valence-electron chi connectivity index (χ3n) is 5.96. The van der Waals surface area contributed by atoms with Gasteiger partial charge in [-0.3, -0.25) is 9.59 Å². The Bertz CT molecular complexity index is 1310. The number of halogens is 3. The minimum absolute atomic E-state index is 0.0901. The molecule has 3 N–H and O–H groups in total. The number of benzene rings is 3. The van der Waals surface area contributed by atoms with E-state index in [0.717, 1.165) is 23.3 Å². The lowest BCUT2D eigenvalue weighted by Crippen LogP contribution is -2.24. The van der Waals surface area contributed by atoms with E-state index in [1.165, 1.54) is 18.2 Å². The second kappa shape index (κ2) is 8.33. The van der Waals surface area contributed by atoms with Gasteiger partial charge in [0.15, 0.2) is 0 Å². The molecule has 2 heterocycles. The highest BCUT2D eigenvalue weighted by molar-refractivity contribution is 6.05. The number of nitrogens with one attached hydrogen (secondary N) is 3. The minimum Gasteiger partial charge on any atom is -0.377 e. The predicted octanol–water partition coefficient (Wildman–Crippen LogP) is 4.62.